The first-order valence-corrected chi connectivity index (χ1v) is 6.40. The molecule has 0 bridgehead atoms. The van der Waals surface area contributed by atoms with E-state index in [0.29, 0.717) is 18.2 Å². The van der Waals surface area contributed by atoms with Crippen LogP contribution in [0.25, 0.3) is 0 Å². The van der Waals surface area contributed by atoms with Crippen molar-refractivity contribution >= 4 is 11.6 Å². The zero-order valence-corrected chi connectivity index (χ0v) is 11.6. The Bertz CT molecular complexity index is 583. The number of hydrazine groups is 1. The summed E-state index contributed by atoms with van der Waals surface area (Å²) in [5.74, 6) is 7.21. The van der Waals surface area contributed by atoms with Gasteiger partial charge in [-0.15, -0.1) is 0 Å². The summed E-state index contributed by atoms with van der Waals surface area (Å²) >= 11 is 0. The number of hydrogen-bond donors (Lipinski definition) is 3. The van der Waals surface area contributed by atoms with Crippen molar-refractivity contribution in [2.75, 3.05) is 17.3 Å². The Balaban J connectivity index is 2.00. The lowest BCUT2D eigenvalue weighted by Gasteiger charge is -2.12. The molecule has 1 heterocycles. The van der Waals surface area contributed by atoms with Crippen molar-refractivity contribution in [3.05, 3.63) is 47.0 Å². The van der Waals surface area contributed by atoms with Gasteiger partial charge >= 0.3 is 0 Å². The van der Waals surface area contributed by atoms with Gasteiger partial charge < -0.3 is 10.7 Å². The molecule has 6 heteroatoms. The standard InChI is InChI=1S/C14H18FN5/c1-9-13(18-10(2)19-14(9)20-16)17-8-7-11-3-5-12(15)6-4-11/h3-6H,7-8,16H2,1-2H3,(H2,17,18,19,20). The third-order valence-electron chi connectivity index (χ3n) is 3.01. The number of aryl methyl sites for hydroxylation is 1. The summed E-state index contributed by atoms with van der Waals surface area (Å²) in [5.41, 5.74) is 4.50. The zero-order chi connectivity index (χ0) is 14.5. The van der Waals surface area contributed by atoms with Gasteiger partial charge in [-0.2, -0.15) is 0 Å². The molecule has 0 spiro atoms. The highest BCUT2D eigenvalue weighted by Crippen LogP contribution is 2.18. The number of aromatic nitrogens is 2. The molecule has 0 unspecified atom stereocenters. The molecule has 0 aliphatic carbocycles. The molecule has 0 radical (unpaired) electrons. The highest BCUT2D eigenvalue weighted by molar-refractivity contribution is 5.56. The van der Waals surface area contributed by atoms with Crippen molar-refractivity contribution in [3.63, 3.8) is 0 Å². The van der Waals surface area contributed by atoms with Crippen LogP contribution in [0.2, 0.25) is 0 Å². The van der Waals surface area contributed by atoms with E-state index in [4.69, 9.17) is 5.84 Å². The van der Waals surface area contributed by atoms with Crippen molar-refractivity contribution < 1.29 is 4.39 Å². The lowest BCUT2D eigenvalue weighted by Crippen LogP contribution is -2.15. The van der Waals surface area contributed by atoms with E-state index in [-0.39, 0.29) is 5.82 Å². The van der Waals surface area contributed by atoms with Crippen LogP contribution in [0.5, 0.6) is 0 Å². The second kappa shape index (κ2) is 6.29. The van der Waals surface area contributed by atoms with Crippen molar-refractivity contribution in [3.8, 4) is 0 Å². The fraction of sp³-hybridized carbons (Fsp3) is 0.286. The van der Waals surface area contributed by atoms with Crippen molar-refractivity contribution in [1.29, 1.82) is 0 Å². The smallest absolute Gasteiger partial charge is 0.148 e. The number of halogens is 1. The van der Waals surface area contributed by atoms with Gasteiger partial charge in [0.2, 0.25) is 0 Å². The first kappa shape index (κ1) is 14.2. The van der Waals surface area contributed by atoms with Gasteiger partial charge in [0.05, 0.1) is 0 Å². The van der Waals surface area contributed by atoms with E-state index in [2.05, 4.69) is 20.7 Å². The molecule has 5 nitrogen and oxygen atoms in total. The van der Waals surface area contributed by atoms with Crippen LogP contribution in [-0.4, -0.2) is 16.5 Å². The van der Waals surface area contributed by atoms with Gasteiger partial charge in [0.25, 0.3) is 0 Å². The van der Waals surface area contributed by atoms with Crippen LogP contribution in [0.3, 0.4) is 0 Å². The second-order valence-corrected chi connectivity index (χ2v) is 4.54. The normalized spacial score (nSPS) is 10.4. The summed E-state index contributed by atoms with van der Waals surface area (Å²) in [5, 5.41) is 3.25. The number of nitrogens with one attached hydrogen (secondary N) is 2. The number of benzene rings is 1. The van der Waals surface area contributed by atoms with Gasteiger partial charge in [0.15, 0.2) is 0 Å². The molecule has 4 N–H and O–H groups in total. The van der Waals surface area contributed by atoms with Gasteiger partial charge in [0.1, 0.15) is 23.3 Å². The molecule has 20 heavy (non-hydrogen) atoms. The summed E-state index contributed by atoms with van der Waals surface area (Å²) in [6.07, 6.45) is 0.786. The van der Waals surface area contributed by atoms with Crippen molar-refractivity contribution in [1.82, 2.24) is 9.97 Å². The largest absolute Gasteiger partial charge is 0.369 e. The number of nitrogens with two attached hydrogens (primary N) is 1. The van der Waals surface area contributed by atoms with Crippen LogP contribution in [-0.2, 0) is 6.42 Å². The Labute approximate surface area is 117 Å². The maximum Gasteiger partial charge on any atom is 0.148 e. The van der Waals surface area contributed by atoms with Gasteiger partial charge in [-0.25, -0.2) is 20.2 Å². The highest BCUT2D eigenvalue weighted by Gasteiger charge is 2.07. The first-order chi connectivity index (χ1) is 9.60. The van der Waals surface area contributed by atoms with E-state index in [9.17, 15) is 4.39 Å². The third kappa shape index (κ3) is 3.42. The molecule has 0 fully saturated rings. The summed E-state index contributed by atoms with van der Waals surface area (Å²) < 4.78 is 12.8. The van der Waals surface area contributed by atoms with Crippen LogP contribution >= 0.6 is 0 Å². The van der Waals surface area contributed by atoms with E-state index < -0.39 is 0 Å². The first-order valence-electron chi connectivity index (χ1n) is 6.40. The Morgan fingerprint density at radius 2 is 1.75 bits per heavy atom. The number of nitrogen functional groups attached to an aromatic ring is 1. The van der Waals surface area contributed by atoms with E-state index in [1.165, 1.54) is 12.1 Å². The maximum atomic E-state index is 12.8. The summed E-state index contributed by atoms with van der Waals surface area (Å²) in [6, 6.07) is 6.49. The molecule has 0 amide bonds. The fourth-order valence-electron chi connectivity index (χ4n) is 1.92. The molecule has 2 rings (SSSR count). The minimum absolute atomic E-state index is 0.220. The van der Waals surface area contributed by atoms with E-state index in [0.717, 1.165) is 23.4 Å². The Morgan fingerprint density at radius 1 is 1.10 bits per heavy atom. The predicted molar refractivity (Wildman–Crippen MR) is 77.9 cm³/mol. The maximum absolute atomic E-state index is 12.8. The van der Waals surface area contributed by atoms with Gasteiger partial charge in [0, 0.05) is 12.1 Å². The highest BCUT2D eigenvalue weighted by atomic mass is 19.1. The van der Waals surface area contributed by atoms with Gasteiger partial charge in [-0.3, -0.25) is 0 Å². The average Bonchev–Trinajstić information content (AvgIpc) is 2.44. The third-order valence-corrected chi connectivity index (χ3v) is 3.01. The van der Waals surface area contributed by atoms with Crippen LogP contribution in [0.15, 0.2) is 24.3 Å². The van der Waals surface area contributed by atoms with Gasteiger partial charge in [-0.1, -0.05) is 12.1 Å². The second-order valence-electron chi connectivity index (χ2n) is 4.54. The van der Waals surface area contributed by atoms with E-state index in [1.807, 2.05) is 13.8 Å². The van der Waals surface area contributed by atoms with E-state index in [1.54, 1.807) is 12.1 Å². The molecule has 0 saturated heterocycles. The molecule has 1 aromatic heterocycles. The van der Waals surface area contributed by atoms with Crippen LogP contribution < -0.4 is 16.6 Å². The van der Waals surface area contributed by atoms with Gasteiger partial charge in [-0.05, 0) is 38.0 Å². The fourth-order valence-corrected chi connectivity index (χ4v) is 1.92. The Hall–Kier alpha value is -2.21. The molecule has 106 valence electrons. The SMILES string of the molecule is Cc1nc(NN)c(C)c(NCCc2ccc(F)cc2)n1. The number of nitrogens with zero attached hydrogens (tertiary/aromatic N) is 2. The van der Waals surface area contributed by atoms with Crippen molar-refractivity contribution in [2.45, 2.75) is 20.3 Å². The number of rotatable bonds is 5. The molecular weight excluding hydrogens is 257 g/mol. The zero-order valence-electron chi connectivity index (χ0n) is 11.6. The Kier molecular flexibility index (Phi) is 4.47. The molecule has 0 saturated carbocycles. The summed E-state index contributed by atoms with van der Waals surface area (Å²) in [6.45, 7) is 4.41. The van der Waals surface area contributed by atoms with Crippen LogP contribution in [0.1, 0.15) is 17.0 Å². The average molecular weight is 275 g/mol. The lowest BCUT2D eigenvalue weighted by molar-refractivity contribution is 0.627. The van der Waals surface area contributed by atoms with Crippen molar-refractivity contribution in [2.24, 2.45) is 5.84 Å². The van der Waals surface area contributed by atoms with Crippen LogP contribution in [0, 0.1) is 19.7 Å². The topological polar surface area (TPSA) is 75.9 Å². The minimum atomic E-state index is -0.220. The molecule has 0 atom stereocenters. The quantitative estimate of drug-likeness (QED) is 0.576. The molecule has 0 aliphatic heterocycles. The summed E-state index contributed by atoms with van der Waals surface area (Å²) in [4.78, 5) is 8.55. The summed E-state index contributed by atoms with van der Waals surface area (Å²) in [7, 11) is 0. The molecule has 0 aliphatic rings. The Morgan fingerprint density at radius 3 is 2.40 bits per heavy atom. The molecule has 2 aromatic rings. The molecular formula is C14H18FN5. The van der Waals surface area contributed by atoms with E-state index >= 15 is 0 Å². The molecule has 1 aromatic carbocycles. The monoisotopic (exact) mass is 275 g/mol. The predicted octanol–water partition coefficient (Wildman–Crippen LogP) is 2.17. The number of hydrogen-bond acceptors (Lipinski definition) is 5. The number of anilines is 2. The lowest BCUT2D eigenvalue weighted by atomic mass is 10.1. The van der Waals surface area contributed by atoms with Crippen LogP contribution in [0.4, 0.5) is 16.0 Å². The minimum Gasteiger partial charge on any atom is -0.369 e.